The van der Waals surface area contributed by atoms with Crippen molar-refractivity contribution in [1.29, 1.82) is 0 Å². The molecule has 0 aliphatic heterocycles. The van der Waals surface area contributed by atoms with Crippen molar-refractivity contribution in [3.8, 4) is 0 Å². The van der Waals surface area contributed by atoms with Crippen LogP contribution >= 0.6 is 27.5 Å². The number of sulfonamides is 1. The molecule has 3 aromatic rings. The molecule has 162 valence electrons. The number of benzene rings is 3. The molecule has 3 aromatic carbocycles. The fourth-order valence-electron chi connectivity index (χ4n) is 2.90. The van der Waals surface area contributed by atoms with Crippen molar-refractivity contribution >= 4 is 43.5 Å². The van der Waals surface area contributed by atoms with Crippen LogP contribution < -0.4 is 5.32 Å². The molecule has 0 atom stereocenters. The van der Waals surface area contributed by atoms with Crippen molar-refractivity contribution < 1.29 is 13.2 Å². The van der Waals surface area contributed by atoms with Crippen molar-refractivity contribution in [3.63, 3.8) is 0 Å². The highest BCUT2D eigenvalue weighted by Gasteiger charge is 2.27. The van der Waals surface area contributed by atoms with E-state index >= 15 is 0 Å². The molecule has 5 nitrogen and oxygen atoms in total. The molecule has 0 spiro atoms. The summed E-state index contributed by atoms with van der Waals surface area (Å²) in [4.78, 5) is 12.8. The summed E-state index contributed by atoms with van der Waals surface area (Å²) in [6.45, 7) is 2.05. The van der Waals surface area contributed by atoms with Crippen LogP contribution in [0.1, 0.15) is 16.7 Å². The van der Waals surface area contributed by atoms with Crippen molar-refractivity contribution in [2.45, 2.75) is 24.9 Å². The molecule has 0 radical (unpaired) electrons. The molecule has 0 aliphatic rings. The fraction of sp³-hybridized carbons (Fsp3) is 0.174. The molecule has 3 rings (SSSR count). The Labute approximate surface area is 196 Å². The standard InChI is InChI=1S/C23H22BrClN2O3S/c1-17-2-4-19(5-3-17)15-27(31(29,30)22-12-8-20(24)9-13-22)16-23(28)26-14-18-6-10-21(25)11-7-18/h2-13H,14-16H2,1H3,(H,26,28). The molecular weight excluding hydrogens is 500 g/mol. The maximum atomic E-state index is 13.3. The van der Waals surface area contributed by atoms with Gasteiger partial charge in [0.15, 0.2) is 0 Å². The van der Waals surface area contributed by atoms with Crippen LogP contribution in [0, 0.1) is 6.92 Å². The quantitative estimate of drug-likeness (QED) is 0.458. The van der Waals surface area contributed by atoms with Crippen LogP contribution in [0.3, 0.4) is 0 Å². The van der Waals surface area contributed by atoms with Crippen LogP contribution in [0.4, 0.5) is 0 Å². The topological polar surface area (TPSA) is 66.5 Å². The van der Waals surface area contributed by atoms with E-state index in [1.54, 1.807) is 24.3 Å². The van der Waals surface area contributed by atoms with E-state index in [9.17, 15) is 13.2 Å². The number of carbonyl (C=O) groups excluding carboxylic acids is 1. The molecule has 0 saturated carbocycles. The summed E-state index contributed by atoms with van der Waals surface area (Å²) >= 11 is 9.20. The van der Waals surface area contributed by atoms with Crippen LogP contribution in [0.2, 0.25) is 5.02 Å². The minimum Gasteiger partial charge on any atom is -0.351 e. The number of carbonyl (C=O) groups is 1. The number of nitrogens with zero attached hydrogens (tertiary/aromatic N) is 1. The minimum absolute atomic E-state index is 0.0903. The van der Waals surface area contributed by atoms with Gasteiger partial charge in [0.25, 0.3) is 0 Å². The first kappa shape index (κ1) is 23.5. The van der Waals surface area contributed by atoms with Gasteiger partial charge in [-0.3, -0.25) is 4.79 Å². The lowest BCUT2D eigenvalue weighted by atomic mass is 10.1. The van der Waals surface area contributed by atoms with Gasteiger partial charge in [-0.25, -0.2) is 8.42 Å². The van der Waals surface area contributed by atoms with Crippen molar-refractivity contribution in [2.24, 2.45) is 0 Å². The maximum absolute atomic E-state index is 13.3. The summed E-state index contributed by atoms with van der Waals surface area (Å²) in [6, 6.07) is 21.0. The van der Waals surface area contributed by atoms with Crippen LogP contribution in [0.25, 0.3) is 0 Å². The van der Waals surface area contributed by atoms with Gasteiger partial charge in [-0.2, -0.15) is 4.31 Å². The summed E-state index contributed by atoms with van der Waals surface area (Å²) in [5, 5.41) is 3.39. The summed E-state index contributed by atoms with van der Waals surface area (Å²) in [5.41, 5.74) is 2.75. The lowest BCUT2D eigenvalue weighted by Crippen LogP contribution is -2.40. The van der Waals surface area contributed by atoms with Gasteiger partial charge < -0.3 is 5.32 Å². The van der Waals surface area contributed by atoms with Crippen molar-refractivity contribution in [3.05, 3.63) is 99.0 Å². The first-order valence-electron chi connectivity index (χ1n) is 9.56. The molecule has 0 aromatic heterocycles. The Kier molecular flexibility index (Phi) is 7.89. The normalized spacial score (nSPS) is 11.5. The number of amides is 1. The molecule has 1 amide bonds. The summed E-state index contributed by atoms with van der Waals surface area (Å²) in [6.07, 6.45) is 0. The first-order valence-corrected chi connectivity index (χ1v) is 12.2. The molecular formula is C23H22BrClN2O3S. The monoisotopic (exact) mass is 520 g/mol. The number of hydrogen-bond acceptors (Lipinski definition) is 3. The van der Waals surface area contributed by atoms with Gasteiger partial charge in [0.1, 0.15) is 0 Å². The third-order valence-corrected chi connectivity index (χ3v) is 7.24. The molecule has 0 saturated heterocycles. The molecule has 0 unspecified atom stereocenters. The average molecular weight is 522 g/mol. The Morgan fingerprint density at radius 3 is 2.13 bits per heavy atom. The van der Waals surface area contributed by atoms with Crippen molar-refractivity contribution in [2.75, 3.05) is 6.54 Å². The van der Waals surface area contributed by atoms with Gasteiger partial charge in [-0.05, 0) is 54.4 Å². The van der Waals surface area contributed by atoms with Crippen molar-refractivity contribution in [1.82, 2.24) is 9.62 Å². The third kappa shape index (κ3) is 6.64. The molecule has 0 bridgehead atoms. The molecule has 0 heterocycles. The highest BCUT2D eigenvalue weighted by Crippen LogP contribution is 2.21. The number of halogens is 2. The lowest BCUT2D eigenvalue weighted by Gasteiger charge is -2.22. The largest absolute Gasteiger partial charge is 0.351 e. The van der Waals surface area contributed by atoms with E-state index in [2.05, 4.69) is 21.2 Å². The number of rotatable bonds is 8. The van der Waals surface area contributed by atoms with E-state index in [4.69, 9.17) is 11.6 Å². The summed E-state index contributed by atoms with van der Waals surface area (Å²) in [5.74, 6) is -0.386. The second-order valence-electron chi connectivity index (χ2n) is 7.12. The molecule has 0 fully saturated rings. The average Bonchev–Trinajstić information content (AvgIpc) is 2.74. The van der Waals surface area contributed by atoms with E-state index in [0.717, 1.165) is 21.2 Å². The van der Waals surface area contributed by atoms with E-state index in [-0.39, 0.29) is 30.4 Å². The van der Waals surface area contributed by atoms with E-state index < -0.39 is 10.0 Å². The second kappa shape index (κ2) is 10.4. The predicted molar refractivity (Wildman–Crippen MR) is 126 cm³/mol. The fourth-order valence-corrected chi connectivity index (χ4v) is 4.67. The van der Waals surface area contributed by atoms with Crippen LogP contribution in [0.15, 0.2) is 82.2 Å². The SMILES string of the molecule is Cc1ccc(CN(CC(=O)NCc2ccc(Cl)cc2)S(=O)(=O)c2ccc(Br)cc2)cc1. The van der Waals surface area contributed by atoms with Gasteiger partial charge in [-0.15, -0.1) is 0 Å². The van der Waals surface area contributed by atoms with Gasteiger partial charge >= 0.3 is 0 Å². The van der Waals surface area contributed by atoms with Gasteiger partial charge in [0, 0.05) is 22.6 Å². The first-order chi connectivity index (χ1) is 14.7. The highest BCUT2D eigenvalue weighted by atomic mass is 79.9. The Morgan fingerprint density at radius 2 is 1.52 bits per heavy atom. The Morgan fingerprint density at radius 1 is 0.935 bits per heavy atom. The van der Waals surface area contributed by atoms with E-state index in [1.165, 1.54) is 16.4 Å². The van der Waals surface area contributed by atoms with E-state index in [1.807, 2.05) is 43.3 Å². The molecule has 31 heavy (non-hydrogen) atoms. The number of nitrogens with one attached hydrogen (secondary N) is 1. The Bertz CT molecular complexity index is 1130. The molecule has 1 N–H and O–H groups in total. The zero-order chi connectivity index (χ0) is 22.4. The third-order valence-electron chi connectivity index (χ3n) is 4.65. The summed E-state index contributed by atoms with van der Waals surface area (Å²) < 4.78 is 28.5. The van der Waals surface area contributed by atoms with E-state index in [0.29, 0.717) is 5.02 Å². The van der Waals surface area contributed by atoms with Crippen LogP contribution in [-0.2, 0) is 27.9 Å². The van der Waals surface area contributed by atoms with Gasteiger partial charge in [-0.1, -0.05) is 69.5 Å². The van der Waals surface area contributed by atoms with Crippen LogP contribution in [0.5, 0.6) is 0 Å². The second-order valence-corrected chi connectivity index (χ2v) is 10.4. The van der Waals surface area contributed by atoms with Gasteiger partial charge in [0.05, 0.1) is 11.4 Å². The number of aryl methyl sites for hydroxylation is 1. The Hall–Kier alpha value is -2.19. The predicted octanol–water partition coefficient (Wildman–Crippen LogP) is 4.92. The zero-order valence-corrected chi connectivity index (χ0v) is 20.0. The van der Waals surface area contributed by atoms with Crippen LogP contribution in [-0.4, -0.2) is 25.2 Å². The number of hydrogen-bond donors (Lipinski definition) is 1. The Balaban J connectivity index is 1.79. The zero-order valence-electron chi connectivity index (χ0n) is 16.9. The van der Waals surface area contributed by atoms with Gasteiger partial charge in [0.2, 0.25) is 15.9 Å². The molecule has 8 heteroatoms. The smallest absolute Gasteiger partial charge is 0.243 e. The lowest BCUT2D eigenvalue weighted by molar-refractivity contribution is -0.121. The summed E-state index contributed by atoms with van der Waals surface area (Å²) in [7, 11) is -3.88. The molecule has 0 aliphatic carbocycles. The maximum Gasteiger partial charge on any atom is 0.243 e. The highest BCUT2D eigenvalue weighted by molar-refractivity contribution is 9.10. The minimum atomic E-state index is -3.88.